The minimum atomic E-state index is -0.755. The van der Waals surface area contributed by atoms with Crippen LogP contribution in [0.2, 0.25) is 0 Å². The molecule has 0 spiro atoms. The van der Waals surface area contributed by atoms with Crippen LogP contribution in [0.4, 0.5) is 0 Å². The van der Waals surface area contributed by atoms with Gasteiger partial charge in [-0.3, -0.25) is 4.79 Å². The number of nitrogens with one attached hydrogen (secondary N) is 1. The predicted octanol–water partition coefficient (Wildman–Crippen LogP) is 5.67. The molecule has 4 nitrogen and oxygen atoms in total. The molecule has 0 aliphatic rings. The Morgan fingerprint density at radius 3 is 1.69 bits per heavy atom. The Balaban J connectivity index is 3.13. The van der Waals surface area contributed by atoms with Crippen molar-refractivity contribution in [2.24, 2.45) is 0 Å². The van der Waals surface area contributed by atoms with Crippen molar-refractivity contribution in [3.8, 4) is 0 Å². The molecule has 0 fully saturated rings. The van der Waals surface area contributed by atoms with Crippen LogP contribution in [0.15, 0.2) is 0 Å². The summed E-state index contributed by atoms with van der Waals surface area (Å²) in [5.74, 6) is -0.755. The summed E-state index contributed by atoms with van der Waals surface area (Å²) in [7, 11) is 0. The average Bonchev–Trinajstić information content (AvgIpc) is 2.61. The van der Waals surface area contributed by atoms with Crippen molar-refractivity contribution >= 4 is 5.97 Å². The van der Waals surface area contributed by atoms with Gasteiger partial charge in [0.25, 0.3) is 0 Å². The summed E-state index contributed by atoms with van der Waals surface area (Å²) < 4.78 is 0. The summed E-state index contributed by atoms with van der Waals surface area (Å²) in [6, 6.07) is 0. The number of carboxylic acids is 1. The lowest BCUT2D eigenvalue weighted by Gasteiger charge is -2.11. The number of carbonyl (C=O) groups is 1. The third-order valence-electron chi connectivity index (χ3n) is 5.02. The monoisotopic (exact) mass is 371 g/mol. The van der Waals surface area contributed by atoms with Crippen molar-refractivity contribution in [1.82, 2.24) is 5.32 Å². The lowest BCUT2D eigenvalue weighted by atomic mass is 10.0. The SMILES string of the molecule is CCCCCCCCCCCCCCCCC(O)CNCCCC(=O)O. The van der Waals surface area contributed by atoms with Crippen molar-refractivity contribution < 1.29 is 15.0 Å². The van der Waals surface area contributed by atoms with Gasteiger partial charge in [-0.05, 0) is 19.4 Å². The van der Waals surface area contributed by atoms with Crippen molar-refractivity contribution in [3.05, 3.63) is 0 Å². The summed E-state index contributed by atoms with van der Waals surface area (Å²) in [5, 5.41) is 21.5. The van der Waals surface area contributed by atoms with Gasteiger partial charge in [-0.1, -0.05) is 96.8 Å². The van der Waals surface area contributed by atoms with Crippen LogP contribution in [0, 0.1) is 0 Å². The maximum Gasteiger partial charge on any atom is 0.303 e. The fourth-order valence-corrected chi connectivity index (χ4v) is 3.31. The maximum absolute atomic E-state index is 10.4. The maximum atomic E-state index is 10.4. The number of carboxylic acid groups (broad SMARTS) is 1. The Labute approximate surface area is 162 Å². The summed E-state index contributed by atoms with van der Waals surface area (Å²) in [4.78, 5) is 10.4. The zero-order chi connectivity index (χ0) is 19.3. The first-order valence-electron chi connectivity index (χ1n) is 11.3. The minimum Gasteiger partial charge on any atom is -0.481 e. The summed E-state index contributed by atoms with van der Waals surface area (Å²) in [6.07, 6.45) is 20.3. The molecular weight excluding hydrogens is 326 g/mol. The number of aliphatic hydroxyl groups is 1. The molecule has 26 heavy (non-hydrogen) atoms. The van der Waals surface area contributed by atoms with Crippen LogP contribution in [0.5, 0.6) is 0 Å². The highest BCUT2D eigenvalue weighted by atomic mass is 16.4. The molecule has 0 aromatic carbocycles. The zero-order valence-electron chi connectivity index (χ0n) is 17.3. The van der Waals surface area contributed by atoms with E-state index in [1.807, 2.05) is 0 Å². The Hall–Kier alpha value is -0.610. The van der Waals surface area contributed by atoms with Gasteiger partial charge in [0.1, 0.15) is 0 Å². The van der Waals surface area contributed by atoms with Crippen molar-refractivity contribution in [2.45, 2.75) is 122 Å². The summed E-state index contributed by atoms with van der Waals surface area (Å²) in [5.41, 5.74) is 0. The summed E-state index contributed by atoms with van der Waals surface area (Å²) in [6.45, 7) is 3.52. The van der Waals surface area contributed by atoms with Gasteiger partial charge >= 0.3 is 5.97 Å². The molecule has 0 aromatic heterocycles. The van der Waals surface area contributed by atoms with E-state index < -0.39 is 5.97 Å². The first-order valence-corrected chi connectivity index (χ1v) is 11.3. The molecule has 0 aromatic rings. The molecular formula is C22H45NO3. The fourth-order valence-electron chi connectivity index (χ4n) is 3.31. The second-order valence-electron chi connectivity index (χ2n) is 7.74. The lowest BCUT2D eigenvalue weighted by Crippen LogP contribution is -2.27. The van der Waals surface area contributed by atoms with E-state index in [1.54, 1.807) is 0 Å². The molecule has 0 rings (SSSR count). The average molecular weight is 372 g/mol. The van der Waals surface area contributed by atoms with Crippen LogP contribution in [-0.2, 0) is 4.79 Å². The predicted molar refractivity (Wildman–Crippen MR) is 111 cm³/mol. The third kappa shape index (κ3) is 21.4. The lowest BCUT2D eigenvalue weighted by molar-refractivity contribution is -0.137. The molecule has 0 heterocycles. The number of hydrogen-bond acceptors (Lipinski definition) is 3. The molecule has 1 atom stereocenters. The van der Waals surface area contributed by atoms with Crippen LogP contribution in [-0.4, -0.2) is 35.4 Å². The van der Waals surface area contributed by atoms with Gasteiger partial charge in [0.15, 0.2) is 0 Å². The Kier molecular flexibility index (Phi) is 20.2. The number of aliphatic carboxylic acids is 1. The first-order chi connectivity index (χ1) is 12.7. The molecule has 0 amide bonds. The number of unbranched alkanes of at least 4 members (excludes halogenated alkanes) is 13. The molecule has 0 saturated carbocycles. The molecule has 1 unspecified atom stereocenters. The van der Waals surface area contributed by atoms with E-state index in [9.17, 15) is 9.90 Å². The van der Waals surface area contributed by atoms with Crippen LogP contribution in [0.25, 0.3) is 0 Å². The van der Waals surface area contributed by atoms with E-state index in [0.29, 0.717) is 19.5 Å². The molecule has 0 aliphatic heterocycles. The van der Waals surface area contributed by atoms with Crippen molar-refractivity contribution in [2.75, 3.05) is 13.1 Å². The molecule has 0 saturated heterocycles. The molecule has 0 bridgehead atoms. The van der Waals surface area contributed by atoms with Crippen LogP contribution >= 0.6 is 0 Å². The second kappa shape index (κ2) is 20.7. The van der Waals surface area contributed by atoms with E-state index in [4.69, 9.17) is 5.11 Å². The highest BCUT2D eigenvalue weighted by Gasteiger charge is 2.03. The van der Waals surface area contributed by atoms with Gasteiger partial charge in [-0.25, -0.2) is 0 Å². The molecule has 3 N–H and O–H groups in total. The van der Waals surface area contributed by atoms with Crippen LogP contribution < -0.4 is 5.32 Å². The highest BCUT2D eigenvalue weighted by molar-refractivity contribution is 5.66. The van der Waals surface area contributed by atoms with E-state index in [-0.39, 0.29) is 12.5 Å². The molecule has 156 valence electrons. The van der Waals surface area contributed by atoms with Gasteiger partial charge in [-0.15, -0.1) is 0 Å². The topological polar surface area (TPSA) is 69.6 Å². The first kappa shape index (κ1) is 25.4. The quantitative estimate of drug-likeness (QED) is 0.227. The zero-order valence-corrected chi connectivity index (χ0v) is 17.3. The number of hydrogen-bond donors (Lipinski definition) is 3. The van der Waals surface area contributed by atoms with E-state index in [1.165, 1.54) is 83.5 Å². The van der Waals surface area contributed by atoms with Gasteiger partial charge in [0, 0.05) is 13.0 Å². The van der Waals surface area contributed by atoms with E-state index in [2.05, 4.69) is 12.2 Å². The van der Waals surface area contributed by atoms with Gasteiger partial charge in [0.05, 0.1) is 6.10 Å². The van der Waals surface area contributed by atoms with Gasteiger partial charge in [-0.2, -0.15) is 0 Å². The normalized spacial score (nSPS) is 12.4. The van der Waals surface area contributed by atoms with Crippen LogP contribution in [0.1, 0.15) is 116 Å². The molecule has 0 radical (unpaired) electrons. The smallest absolute Gasteiger partial charge is 0.303 e. The fraction of sp³-hybridized carbons (Fsp3) is 0.955. The molecule has 4 heteroatoms. The Morgan fingerprint density at radius 1 is 0.769 bits per heavy atom. The summed E-state index contributed by atoms with van der Waals surface area (Å²) >= 11 is 0. The van der Waals surface area contributed by atoms with Crippen molar-refractivity contribution in [1.29, 1.82) is 0 Å². The van der Waals surface area contributed by atoms with Crippen molar-refractivity contribution in [3.63, 3.8) is 0 Å². The van der Waals surface area contributed by atoms with E-state index in [0.717, 1.165) is 12.8 Å². The number of rotatable bonds is 21. The highest BCUT2D eigenvalue weighted by Crippen LogP contribution is 2.13. The largest absolute Gasteiger partial charge is 0.481 e. The van der Waals surface area contributed by atoms with Crippen LogP contribution in [0.3, 0.4) is 0 Å². The van der Waals surface area contributed by atoms with Gasteiger partial charge in [0.2, 0.25) is 0 Å². The Bertz CT molecular complexity index is 297. The third-order valence-corrected chi connectivity index (χ3v) is 5.02. The standard InChI is InChI=1S/C22H45NO3/c1-2-3-4-5-6-7-8-9-10-11-12-13-14-15-17-21(24)20-23-19-16-18-22(25)26/h21,23-24H,2-20H2,1H3,(H,25,26). The Morgan fingerprint density at radius 2 is 1.23 bits per heavy atom. The van der Waals surface area contributed by atoms with Gasteiger partial charge < -0.3 is 15.5 Å². The second-order valence-corrected chi connectivity index (χ2v) is 7.74. The van der Waals surface area contributed by atoms with E-state index >= 15 is 0 Å². The number of aliphatic hydroxyl groups excluding tert-OH is 1. The molecule has 0 aliphatic carbocycles. The minimum absolute atomic E-state index is 0.196.